The third-order valence-corrected chi connectivity index (χ3v) is 2.92. The van der Waals surface area contributed by atoms with Crippen LogP contribution in [0.5, 0.6) is 0 Å². The number of hydrogen-bond acceptors (Lipinski definition) is 4. The normalized spacial score (nSPS) is 11.2. The first-order valence-corrected chi connectivity index (χ1v) is 5.53. The minimum Gasteiger partial charge on any atom is -0.369 e. The summed E-state index contributed by atoms with van der Waals surface area (Å²) in [6.45, 7) is 0.390. The highest BCUT2D eigenvalue weighted by Crippen LogP contribution is 2.25. The van der Waals surface area contributed by atoms with Gasteiger partial charge in [0.05, 0.1) is 22.6 Å². The number of nitrogen functional groups attached to an aromatic ring is 1. The van der Waals surface area contributed by atoms with Crippen LogP contribution in [0.3, 0.4) is 0 Å². The first-order valence-electron chi connectivity index (χ1n) is 5.15. The Labute approximate surface area is 106 Å². The molecule has 2 aromatic heterocycles. The van der Waals surface area contributed by atoms with Crippen molar-refractivity contribution in [2.24, 2.45) is 0 Å². The van der Waals surface area contributed by atoms with E-state index in [1.54, 1.807) is 10.6 Å². The molecule has 0 bridgehead atoms. The highest BCUT2D eigenvalue weighted by molar-refractivity contribution is 6.31. The number of benzene rings is 1. The van der Waals surface area contributed by atoms with E-state index in [1.807, 2.05) is 0 Å². The number of rotatable bonds is 2. The molecule has 1 aromatic carbocycles. The summed E-state index contributed by atoms with van der Waals surface area (Å²) < 4.78 is 19.8. The molecule has 2 N–H and O–H groups in total. The summed E-state index contributed by atoms with van der Waals surface area (Å²) in [6.07, 6.45) is 1.47. The zero-order valence-corrected chi connectivity index (χ0v) is 9.86. The lowest BCUT2D eigenvalue weighted by Crippen LogP contribution is -2.04. The number of anilines is 1. The molecule has 0 radical (unpaired) electrons. The third-order valence-electron chi connectivity index (χ3n) is 2.63. The van der Waals surface area contributed by atoms with Gasteiger partial charge in [-0.05, 0) is 6.07 Å². The van der Waals surface area contributed by atoms with Gasteiger partial charge in [-0.2, -0.15) is 0 Å². The Bertz CT molecular complexity index is 707. The maximum atomic E-state index is 13.3. The standard InChI is InChI=1S/C11H8ClFN4O/c12-7-3-10-9(4-8(7)13)15-11(14)17(10)5-6-1-2-18-16-6/h1-4H,5H2,(H2,14,15). The van der Waals surface area contributed by atoms with Gasteiger partial charge in [0.1, 0.15) is 17.8 Å². The van der Waals surface area contributed by atoms with Crippen LogP contribution >= 0.6 is 11.6 Å². The van der Waals surface area contributed by atoms with Gasteiger partial charge in [-0.15, -0.1) is 0 Å². The van der Waals surface area contributed by atoms with Crippen molar-refractivity contribution in [2.75, 3.05) is 5.73 Å². The molecule has 0 fully saturated rings. The van der Waals surface area contributed by atoms with Gasteiger partial charge in [-0.3, -0.25) is 0 Å². The minimum absolute atomic E-state index is 0.0313. The molecule has 0 saturated carbocycles. The molecule has 3 rings (SSSR count). The van der Waals surface area contributed by atoms with Crippen LogP contribution in [0.1, 0.15) is 5.69 Å². The van der Waals surface area contributed by atoms with Crippen molar-refractivity contribution in [3.63, 3.8) is 0 Å². The molecular formula is C11H8ClFN4O. The molecule has 92 valence electrons. The second-order valence-corrected chi connectivity index (χ2v) is 4.21. The fourth-order valence-electron chi connectivity index (χ4n) is 1.79. The lowest BCUT2D eigenvalue weighted by atomic mass is 10.3. The van der Waals surface area contributed by atoms with Gasteiger partial charge in [-0.25, -0.2) is 9.37 Å². The van der Waals surface area contributed by atoms with Gasteiger partial charge in [0, 0.05) is 12.1 Å². The molecule has 5 nitrogen and oxygen atoms in total. The van der Waals surface area contributed by atoms with Crippen LogP contribution in [0.2, 0.25) is 5.02 Å². The third kappa shape index (κ3) is 1.70. The van der Waals surface area contributed by atoms with Crippen LogP contribution in [-0.2, 0) is 6.54 Å². The molecule has 0 unspecified atom stereocenters. The molecule has 3 aromatic rings. The molecule has 0 amide bonds. The van der Waals surface area contributed by atoms with Crippen LogP contribution in [0.15, 0.2) is 29.0 Å². The van der Waals surface area contributed by atoms with Gasteiger partial charge in [0.2, 0.25) is 5.95 Å². The van der Waals surface area contributed by atoms with Gasteiger partial charge < -0.3 is 14.8 Å². The summed E-state index contributed by atoms with van der Waals surface area (Å²) in [5.74, 6) is -0.245. The summed E-state index contributed by atoms with van der Waals surface area (Å²) >= 11 is 5.76. The van der Waals surface area contributed by atoms with Crippen molar-refractivity contribution < 1.29 is 8.91 Å². The van der Waals surface area contributed by atoms with E-state index in [9.17, 15) is 4.39 Å². The molecule has 2 heterocycles. The Morgan fingerprint density at radius 2 is 2.28 bits per heavy atom. The summed E-state index contributed by atoms with van der Waals surface area (Å²) in [5.41, 5.74) is 7.60. The monoisotopic (exact) mass is 266 g/mol. The lowest BCUT2D eigenvalue weighted by Gasteiger charge is -2.03. The molecule has 0 aliphatic heterocycles. The average molecular weight is 267 g/mol. The van der Waals surface area contributed by atoms with E-state index in [-0.39, 0.29) is 11.0 Å². The van der Waals surface area contributed by atoms with Gasteiger partial charge in [0.25, 0.3) is 0 Å². The van der Waals surface area contributed by atoms with Crippen molar-refractivity contribution in [1.82, 2.24) is 14.7 Å². The number of aromatic nitrogens is 3. The summed E-state index contributed by atoms with van der Waals surface area (Å²) in [6, 6.07) is 4.47. The second kappa shape index (κ2) is 3.99. The molecule has 7 heteroatoms. The molecule has 0 aliphatic rings. The fourth-order valence-corrected chi connectivity index (χ4v) is 1.94. The predicted molar refractivity (Wildman–Crippen MR) is 64.7 cm³/mol. The molecule has 0 atom stereocenters. The van der Waals surface area contributed by atoms with E-state index >= 15 is 0 Å². The van der Waals surface area contributed by atoms with Gasteiger partial charge in [-0.1, -0.05) is 16.8 Å². The molecule has 0 aliphatic carbocycles. The van der Waals surface area contributed by atoms with Crippen molar-refractivity contribution in [2.45, 2.75) is 6.54 Å². The van der Waals surface area contributed by atoms with E-state index in [0.717, 1.165) is 0 Å². The largest absolute Gasteiger partial charge is 0.369 e. The lowest BCUT2D eigenvalue weighted by molar-refractivity contribution is 0.410. The SMILES string of the molecule is Nc1nc2cc(F)c(Cl)cc2n1Cc1ccon1. The fraction of sp³-hybridized carbons (Fsp3) is 0.0909. The van der Waals surface area contributed by atoms with Crippen LogP contribution in [-0.4, -0.2) is 14.7 Å². The summed E-state index contributed by atoms with van der Waals surface area (Å²) in [4.78, 5) is 4.08. The Morgan fingerprint density at radius 3 is 3.00 bits per heavy atom. The van der Waals surface area contributed by atoms with Crippen molar-refractivity contribution >= 4 is 28.6 Å². The van der Waals surface area contributed by atoms with E-state index in [4.69, 9.17) is 21.9 Å². The number of nitrogens with two attached hydrogens (primary N) is 1. The highest BCUT2D eigenvalue weighted by atomic mass is 35.5. The number of imidazole rings is 1. The number of halogens is 2. The molecule has 0 saturated heterocycles. The highest BCUT2D eigenvalue weighted by Gasteiger charge is 2.12. The van der Waals surface area contributed by atoms with Crippen LogP contribution < -0.4 is 5.73 Å². The van der Waals surface area contributed by atoms with Gasteiger partial charge in [0.15, 0.2) is 0 Å². The smallest absolute Gasteiger partial charge is 0.201 e. The zero-order chi connectivity index (χ0) is 12.7. The molecular weight excluding hydrogens is 259 g/mol. The van der Waals surface area contributed by atoms with Crippen molar-refractivity contribution in [3.05, 3.63) is 41.0 Å². The predicted octanol–water partition coefficient (Wildman–Crippen LogP) is 2.45. The number of fused-ring (bicyclic) bond motifs is 1. The number of nitrogens with zero attached hydrogens (tertiary/aromatic N) is 3. The van der Waals surface area contributed by atoms with E-state index in [1.165, 1.54) is 18.4 Å². The Hall–Kier alpha value is -2.08. The first kappa shape index (κ1) is 11.0. The quantitative estimate of drug-likeness (QED) is 0.773. The molecule has 0 spiro atoms. The Kier molecular flexibility index (Phi) is 2.45. The minimum atomic E-state index is -0.518. The van der Waals surface area contributed by atoms with Gasteiger partial charge >= 0.3 is 0 Å². The maximum absolute atomic E-state index is 13.3. The van der Waals surface area contributed by atoms with Crippen molar-refractivity contribution in [3.8, 4) is 0 Å². The molecule has 18 heavy (non-hydrogen) atoms. The first-order chi connectivity index (χ1) is 8.65. The Balaban J connectivity index is 2.16. The topological polar surface area (TPSA) is 69.9 Å². The average Bonchev–Trinajstić information content (AvgIpc) is 2.92. The Morgan fingerprint density at radius 1 is 1.44 bits per heavy atom. The van der Waals surface area contributed by atoms with Crippen LogP contribution in [0.25, 0.3) is 11.0 Å². The van der Waals surface area contributed by atoms with E-state index in [2.05, 4.69) is 10.1 Å². The zero-order valence-electron chi connectivity index (χ0n) is 9.10. The second-order valence-electron chi connectivity index (χ2n) is 3.80. The van der Waals surface area contributed by atoms with Crippen LogP contribution in [0, 0.1) is 5.82 Å². The van der Waals surface area contributed by atoms with Crippen LogP contribution in [0.4, 0.5) is 10.3 Å². The van der Waals surface area contributed by atoms with E-state index in [0.29, 0.717) is 23.3 Å². The van der Waals surface area contributed by atoms with Crippen molar-refractivity contribution in [1.29, 1.82) is 0 Å². The maximum Gasteiger partial charge on any atom is 0.201 e. The number of hydrogen-bond donors (Lipinski definition) is 1. The van der Waals surface area contributed by atoms with E-state index < -0.39 is 5.82 Å². The summed E-state index contributed by atoms with van der Waals surface area (Å²) in [5, 5.41) is 3.82. The summed E-state index contributed by atoms with van der Waals surface area (Å²) in [7, 11) is 0.